The van der Waals surface area contributed by atoms with Gasteiger partial charge >= 0.3 is 6.18 Å². The first kappa shape index (κ1) is 22.7. The molecule has 0 aromatic heterocycles. The van der Waals surface area contributed by atoms with Gasteiger partial charge in [0.1, 0.15) is 0 Å². The second kappa shape index (κ2) is 10.3. The lowest BCUT2D eigenvalue weighted by molar-refractivity contribution is -0.137. The molecule has 156 valence electrons. The maximum Gasteiger partial charge on any atom is 0.416 e. The highest BCUT2D eigenvalue weighted by atomic mass is 19.4. The van der Waals surface area contributed by atoms with Crippen molar-refractivity contribution in [2.24, 2.45) is 5.92 Å². The summed E-state index contributed by atoms with van der Waals surface area (Å²) in [6.07, 6.45) is -2.08. The van der Waals surface area contributed by atoms with Crippen LogP contribution in [0.3, 0.4) is 0 Å². The number of unbranched alkanes of at least 4 members (excludes halogenated alkanes) is 1. The molecule has 0 saturated heterocycles. The number of hydrogen-bond acceptors (Lipinski definition) is 2. The van der Waals surface area contributed by atoms with E-state index in [2.05, 4.69) is 6.58 Å². The molecule has 2 aromatic carbocycles. The van der Waals surface area contributed by atoms with Gasteiger partial charge in [-0.1, -0.05) is 56.2 Å². The van der Waals surface area contributed by atoms with Crippen molar-refractivity contribution in [2.75, 3.05) is 11.4 Å². The average molecular weight is 405 g/mol. The summed E-state index contributed by atoms with van der Waals surface area (Å²) >= 11 is 0. The van der Waals surface area contributed by atoms with Crippen LogP contribution in [-0.4, -0.2) is 17.6 Å². The number of halogens is 3. The number of anilines is 1. The topological polar surface area (TPSA) is 40.5 Å². The highest BCUT2D eigenvalue weighted by Gasteiger charge is 2.33. The molecule has 0 aliphatic rings. The van der Waals surface area contributed by atoms with Gasteiger partial charge in [-0.05, 0) is 36.2 Å². The standard InChI is InChI=1S/C23H26F3NO2/c1-3-5-11-20(21(28)17-12-14-18(15-13-17)23(24,25)26)22(29)27(16-4-2)19-9-7-6-8-10-19/h4,6-10,12-15,20-21,28H,2-3,5,11,16H2,1H3/t20-,21-/m1/s1. The Labute approximate surface area is 169 Å². The van der Waals surface area contributed by atoms with Crippen LogP contribution in [0.2, 0.25) is 0 Å². The molecule has 0 saturated carbocycles. The van der Waals surface area contributed by atoms with Crippen molar-refractivity contribution in [3.05, 3.63) is 78.4 Å². The Balaban J connectivity index is 2.33. The van der Waals surface area contributed by atoms with Crippen LogP contribution in [0.25, 0.3) is 0 Å². The third-order valence-electron chi connectivity index (χ3n) is 4.79. The van der Waals surface area contributed by atoms with E-state index in [-0.39, 0.29) is 12.5 Å². The summed E-state index contributed by atoms with van der Waals surface area (Å²) in [5, 5.41) is 10.9. The number of hydrogen-bond donors (Lipinski definition) is 1. The molecular weight excluding hydrogens is 379 g/mol. The lowest BCUT2D eigenvalue weighted by atomic mass is 9.89. The summed E-state index contributed by atoms with van der Waals surface area (Å²) in [5.74, 6) is -1.05. The maximum atomic E-state index is 13.3. The lowest BCUT2D eigenvalue weighted by Crippen LogP contribution is -2.39. The van der Waals surface area contributed by atoms with Crippen LogP contribution in [-0.2, 0) is 11.0 Å². The van der Waals surface area contributed by atoms with Crippen LogP contribution < -0.4 is 4.90 Å². The summed E-state index contributed by atoms with van der Waals surface area (Å²) in [6, 6.07) is 13.4. The van der Waals surface area contributed by atoms with Crippen molar-refractivity contribution in [3.63, 3.8) is 0 Å². The second-order valence-corrected chi connectivity index (χ2v) is 6.89. The number of nitrogens with zero attached hydrogens (tertiary/aromatic N) is 1. The highest BCUT2D eigenvalue weighted by molar-refractivity contribution is 5.95. The van der Waals surface area contributed by atoms with E-state index in [0.717, 1.165) is 18.6 Å². The molecule has 2 atom stereocenters. The Bertz CT molecular complexity index is 788. The largest absolute Gasteiger partial charge is 0.416 e. The third kappa shape index (κ3) is 5.94. The van der Waals surface area contributed by atoms with Gasteiger partial charge < -0.3 is 10.0 Å². The Hall–Kier alpha value is -2.60. The van der Waals surface area contributed by atoms with E-state index >= 15 is 0 Å². The summed E-state index contributed by atoms with van der Waals surface area (Å²) in [7, 11) is 0. The Morgan fingerprint density at radius 2 is 1.76 bits per heavy atom. The van der Waals surface area contributed by atoms with Crippen molar-refractivity contribution < 1.29 is 23.1 Å². The zero-order valence-corrected chi connectivity index (χ0v) is 16.4. The highest BCUT2D eigenvalue weighted by Crippen LogP contribution is 2.33. The van der Waals surface area contributed by atoms with E-state index in [1.54, 1.807) is 23.1 Å². The molecular formula is C23H26F3NO2. The van der Waals surface area contributed by atoms with Crippen LogP contribution in [0.15, 0.2) is 67.3 Å². The maximum absolute atomic E-state index is 13.3. The zero-order chi connectivity index (χ0) is 21.4. The normalized spacial score (nSPS) is 13.6. The number of carbonyl (C=O) groups is 1. The van der Waals surface area contributed by atoms with Crippen molar-refractivity contribution in [2.45, 2.75) is 38.5 Å². The van der Waals surface area contributed by atoms with Crippen molar-refractivity contribution in [3.8, 4) is 0 Å². The minimum atomic E-state index is -4.45. The Morgan fingerprint density at radius 1 is 1.14 bits per heavy atom. The molecule has 1 amide bonds. The van der Waals surface area contributed by atoms with Gasteiger partial charge in [-0.3, -0.25) is 4.79 Å². The molecule has 0 aliphatic carbocycles. The molecule has 0 radical (unpaired) electrons. The van der Waals surface area contributed by atoms with Gasteiger partial charge in [-0.2, -0.15) is 13.2 Å². The van der Waals surface area contributed by atoms with E-state index in [1.165, 1.54) is 12.1 Å². The Kier molecular flexibility index (Phi) is 8.02. The van der Waals surface area contributed by atoms with Crippen LogP contribution in [0.5, 0.6) is 0 Å². The fourth-order valence-corrected chi connectivity index (χ4v) is 3.20. The summed E-state index contributed by atoms with van der Waals surface area (Å²) < 4.78 is 38.5. The minimum absolute atomic E-state index is 0.269. The quantitative estimate of drug-likeness (QED) is 0.539. The third-order valence-corrected chi connectivity index (χ3v) is 4.79. The SMILES string of the molecule is C=CCN(C(=O)[C@H](CCCC)[C@H](O)c1ccc(C(F)(F)F)cc1)c1ccccc1. The van der Waals surface area contributed by atoms with Crippen LogP contribution in [0.1, 0.15) is 43.4 Å². The van der Waals surface area contributed by atoms with E-state index in [0.29, 0.717) is 24.1 Å². The molecule has 0 spiro atoms. The van der Waals surface area contributed by atoms with E-state index < -0.39 is 23.8 Å². The average Bonchev–Trinajstić information content (AvgIpc) is 2.72. The zero-order valence-electron chi connectivity index (χ0n) is 16.4. The minimum Gasteiger partial charge on any atom is -0.388 e. The molecule has 0 bridgehead atoms. The molecule has 0 heterocycles. The Morgan fingerprint density at radius 3 is 2.28 bits per heavy atom. The van der Waals surface area contributed by atoms with Crippen molar-refractivity contribution >= 4 is 11.6 Å². The summed E-state index contributed by atoms with van der Waals surface area (Å²) in [4.78, 5) is 14.9. The number of carbonyl (C=O) groups excluding carboxylic acids is 1. The fraction of sp³-hybridized carbons (Fsp3) is 0.348. The molecule has 1 N–H and O–H groups in total. The molecule has 0 fully saturated rings. The number of aliphatic hydroxyl groups is 1. The monoisotopic (exact) mass is 405 g/mol. The number of rotatable bonds is 9. The predicted molar refractivity (Wildman–Crippen MR) is 108 cm³/mol. The van der Waals surface area contributed by atoms with Gasteiger partial charge in [0, 0.05) is 12.2 Å². The van der Waals surface area contributed by atoms with E-state index in [4.69, 9.17) is 0 Å². The smallest absolute Gasteiger partial charge is 0.388 e. The predicted octanol–water partition coefficient (Wildman–Crippen LogP) is 5.76. The van der Waals surface area contributed by atoms with Gasteiger partial charge in [0.25, 0.3) is 0 Å². The number of benzene rings is 2. The first-order valence-corrected chi connectivity index (χ1v) is 9.62. The van der Waals surface area contributed by atoms with E-state index in [9.17, 15) is 23.1 Å². The van der Waals surface area contributed by atoms with Gasteiger partial charge in [0.15, 0.2) is 0 Å². The number of para-hydroxylation sites is 1. The number of alkyl halides is 3. The van der Waals surface area contributed by atoms with Gasteiger partial charge in [-0.25, -0.2) is 0 Å². The number of aliphatic hydroxyl groups excluding tert-OH is 1. The summed E-state index contributed by atoms with van der Waals surface area (Å²) in [6.45, 7) is 5.95. The molecule has 0 unspecified atom stereocenters. The van der Waals surface area contributed by atoms with Crippen molar-refractivity contribution in [1.29, 1.82) is 0 Å². The molecule has 0 aliphatic heterocycles. The van der Waals surface area contributed by atoms with Crippen LogP contribution in [0.4, 0.5) is 18.9 Å². The first-order valence-electron chi connectivity index (χ1n) is 9.62. The first-order chi connectivity index (χ1) is 13.8. The molecule has 3 nitrogen and oxygen atoms in total. The van der Waals surface area contributed by atoms with Crippen molar-refractivity contribution in [1.82, 2.24) is 0 Å². The van der Waals surface area contributed by atoms with E-state index in [1.807, 2.05) is 25.1 Å². The molecule has 2 aromatic rings. The molecule has 2 rings (SSSR count). The van der Waals surface area contributed by atoms with Gasteiger partial charge in [0.2, 0.25) is 5.91 Å². The van der Waals surface area contributed by atoms with Crippen LogP contribution in [0, 0.1) is 5.92 Å². The molecule has 29 heavy (non-hydrogen) atoms. The lowest BCUT2D eigenvalue weighted by Gasteiger charge is -2.29. The van der Waals surface area contributed by atoms with Gasteiger partial charge in [0.05, 0.1) is 17.6 Å². The second-order valence-electron chi connectivity index (χ2n) is 6.89. The van der Waals surface area contributed by atoms with Crippen LogP contribution >= 0.6 is 0 Å². The van der Waals surface area contributed by atoms with Gasteiger partial charge in [-0.15, -0.1) is 6.58 Å². The summed E-state index contributed by atoms with van der Waals surface area (Å²) in [5.41, 5.74) is 0.181. The fourth-order valence-electron chi connectivity index (χ4n) is 3.20. The number of amides is 1. The molecule has 6 heteroatoms.